The van der Waals surface area contributed by atoms with E-state index >= 15 is 0 Å². The van der Waals surface area contributed by atoms with Crippen LogP contribution < -0.4 is 4.74 Å². The zero-order chi connectivity index (χ0) is 13.6. The Balaban J connectivity index is 2.45. The summed E-state index contributed by atoms with van der Waals surface area (Å²) < 4.78 is 18.7. The van der Waals surface area contributed by atoms with Gasteiger partial charge in [0.25, 0.3) is 0 Å². The molecule has 0 unspecified atom stereocenters. The van der Waals surface area contributed by atoms with Crippen molar-refractivity contribution in [1.82, 2.24) is 0 Å². The Kier molecular flexibility index (Phi) is 5.61. The minimum Gasteiger partial charge on any atom is -0.493 e. The van der Waals surface area contributed by atoms with Gasteiger partial charge in [0.15, 0.2) is 0 Å². The molecular formula is C14H17BrFNO. The SMILES string of the molecule is CC(C)(C#N)CCCOc1cc(F)cc(CBr)c1. The van der Waals surface area contributed by atoms with E-state index in [-0.39, 0.29) is 11.2 Å². The van der Waals surface area contributed by atoms with Crippen LogP contribution in [0.1, 0.15) is 32.3 Å². The van der Waals surface area contributed by atoms with E-state index in [9.17, 15) is 4.39 Å². The van der Waals surface area contributed by atoms with Gasteiger partial charge in [0, 0.05) is 11.4 Å². The van der Waals surface area contributed by atoms with Crippen LogP contribution in [0, 0.1) is 22.6 Å². The van der Waals surface area contributed by atoms with Crippen molar-refractivity contribution in [3.05, 3.63) is 29.6 Å². The molecule has 0 saturated heterocycles. The molecule has 1 aromatic rings. The maximum Gasteiger partial charge on any atom is 0.127 e. The summed E-state index contributed by atoms with van der Waals surface area (Å²) in [5.74, 6) is 0.249. The zero-order valence-electron chi connectivity index (χ0n) is 10.7. The van der Waals surface area contributed by atoms with Gasteiger partial charge in [0.1, 0.15) is 11.6 Å². The summed E-state index contributed by atoms with van der Waals surface area (Å²) in [6, 6.07) is 6.91. The summed E-state index contributed by atoms with van der Waals surface area (Å²) in [5.41, 5.74) is 0.522. The minimum absolute atomic E-state index is 0.292. The average Bonchev–Trinajstić information content (AvgIpc) is 2.34. The normalized spacial score (nSPS) is 11.1. The number of alkyl halides is 1. The molecule has 0 aliphatic heterocycles. The molecule has 4 heteroatoms. The summed E-state index contributed by atoms with van der Waals surface area (Å²) in [4.78, 5) is 0. The van der Waals surface area contributed by atoms with E-state index in [4.69, 9.17) is 10.00 Å². The predicted molar refractivity (Wildman–Crippen MR) is 73.2 cm³/mol. The van der Waals surface area contributed by atoms with Gasteiger partial charge in [-0.05, 0) is 44.4 Å². The highest BCUT2D eigenvalue weighted by Gasteiger charge is 2.15. The Morgan fingerprint density at radius 1 is 1.39 bits per heavy atom. The van der Waals surface area contributed by atoms with Crippen molar-refractivity contribution in [1.29, 1.82) is 5.26 Å². The van der Waals surface area contributed by atoms with Gasteiger partial charge in [-0.2, -0.15) is 5.26 Å². The van der Waals surface area contributed by atoms with E-state index in [0.717, 1.165) is 18.4 Å². The van der Waals surface area contributed by atoms with Crippen LogP contribution in [0.15, 0.2) is 18.2 Å². The van der Waals surface area contributed by atoms with E-state index in [1.165, 1.54) is 12.1 Å². The standard InChI is InChI=1S/C14H17BrFNO/c1-14(2,10-17)4-3-5-18-13-7-11(9-15)6-12(16)8-13/h6-8H,3-5,9H2,1-2H3. The first-order chi connectivity index (χ1) is 8.46. The molecule has 0 fully saturated rings. The molecule has 0 amide bonds. The highest BCUT2D eigenvalue weighted by Crippen LogP contribution is 2.22. The fourth-order valence-electron chi connectivity index (χ4n) is 1.54. The zero-order valence-corrected chi connectivity index (χ0v) is 12.3. The molecule has 0 saturated carbocycles. The van der Waals surface area contributed by atoms with Crippen LogP contribution in [0.5, 0.6) is 5.75 Å². The lowest BCUT2D eigenvalue weighted by Crippen LogP contribution is -2.10. The number of nitriles is 1. The van der Waals surface area contributed by atoms with Gasteiger partial charge in [-0.3, -0.25) is 0 Å². The second-order valence-corrected chi connectivity index (χ2v) is 5.44. The largest absolute Gasteiger partial charge is 0.493 e. The van der Waals surface area contributed by atoms with Crippen LogP contribution in [0.25, 0.3) is 0 Å². The van der Waals surface area contributed by atoms with Crippen LogP contribution >= 0.6 is 15.9 Å². The van der Waals surface area contributed by atoms with Gasteiger partial charge in [-0.15, -0.1) is 0 Å². The van der Waals surface area contributed by atoms with Crippen molar-refractivity contribution < 1.29 is 9.13 Å². The molecule has 0 N–H and O–H groups in total. The van der Waals surface area contributed by atoms with Gasteiger partial charge in [-0.25, -0.2) is 4.39 Å². The molecule has 2 nitrogen and oxygen atoms in total. The minimum atomic E-state index is -0.327. The van der Waals surface area contributed by atoms with E-state index in [1.807, 2.05) is 19.9 Å². The monoisotopic (exact) mass is 313 g/mol. The van der Waals surface area contributed by atoms with Crippen LogP contribution in [-0.4, -0.2) is 6.61 Å². The Labute approximate surface area is 116 Å². The fraction of sp³-hybridized carbons (Fsp3) is 0.500. The Morgan fingerprint density at radius 3 is 2.72 bits per heavy atom. The molecular weight excluding hydrogens is 297 g/mol. The quantitative estimate of drug-likeness (QED) is 0.575. The van der Waals surface area contributed by atoms with Gasteiger partial charge in [0.05, 0.1) is 18.1 Å². The lowest BCUT2D eigenvalue weighted by Gasteiger charge is -2.15. The van der Waals surface area contributed by atoms with Gasteiger partial charge in [0.2, 0.25) is 0 Å². The van der Waals surface area contributed by atoms with Crippen LogP contribution in [0.3, 0.4) is 0 Å². The molecule has 0 aromatic heterocycles. The summed E-state index contributed by atoms with van der Waals surface area (Å²) in [7, 11) is 0. The van der Waals surface area contributed by atoms with Gasteiger partial charge in [-0.1, -0.05) is 15.9 Å². The smallest absolute Gasteiger partial charge is 0.127 e. The molecule has 0 aliphatic carbocycles. The first-order valence-corrected chi connectivity index (χ1v) is 6.98. The van der Waals surface area contributed by atoms with E-state index in [2.05, 4.69) is 22.0 Å². The van der Waals surface area contributed by atoms with E-state index in [0.29, 0.717) is 17.7 Å². The highest BCUT2D eigenvalue weighted by atomic mass is 79.9. The van der Waals surface area contributed by atoms with Crippen molar-refractivity contribution in [2.75, 3.05) is 6.61 Å². The molecule has 1 rings (SSSR count). The van der Waals surface area contributed by atoms with Crippen LogP contribution in [-0.2, 0) is 5.33 Å². The van der Waals surface area contributed by atoms with Gasteiger partial charge >= 0.3 is 0 Å². The summed E-state index contributed by atoms with van der Waals surface area (Å²) in [5, 5.41) is 9.47. The third-order valence-corrected chi connectivity index (χ3v) is 3.25. The molecule has 0 atom stereocenters. The second-order valence-electron chi connectivity index (χ2n) is 4.88. The molecule has 18 heavy (non-hydrogen) atoms. The average molecular weight is 314 g/mol. The number of ether oxygens (including phenoxy) is 1. The van der Waals surface area contributed by atoms with Crippen LogP contribution in [0.4, 0.5) is 4.39 Å². The first kappa shape index (κ1) is 15.0. The molecule has 1 aromatic carbocycles. The third-order valence-electron chi connectivity index (χ3n) is 2.60. The maximum absolute atomic E-state index is 13.2. The second kappa shape index (κ2) is 6.75. The van der Waals surface area contributed by atoms with E-state index < -0.39 is 0 Å². The van der Waals surface area contributed by atoms with Crippen molar-refractivity contribution in [2.45, 2.75) is 32.0 Å². The van der Waals surface area contributed by atoms with Crippen molar-refractivity contribution in [3.8, 4) is 11.8 Å². The topological polar surface area (TPSA) is 33.0 Å². The molecule has 0 bridgehead atoms. The molecule has 0 radical (unpaired) electrons. The predicted octanol–water partition coefficient (Wildman–Crippen LogP) is 4.43. The van der Waals surface area contributed by atoms with Crippen molar-refractivity contribution in [3.63, 3.8) is 0 Å². The third kappa shape index (κ3) is 5.05. The fourth-order valence-corrected chi connectivity index (χ4v) is 1.86. The molecule has 0 spiro atoms. The van der Waals surface area contributed by atoms with Gasteiger partial charge < -0.3 is 4.74 Å². The number of benzene rings is 1. The Bertz CT molecular complexity index is 440. The van der Waals surface area contributed by atoms with Crippen molar-refractivity contribution in [2.24, 2.45) is 5.41 Å². The number of rotatable bonds is 6. The summed E-state index contributed by atoms with van der Waals surface area (Å²) >= 11 is 3.28. The van der Waals surface area contributed by atoms with Crippen LogP contribution in [0.2, 0.25) is 0 Å². The summed E-state index contributed by atoms with van der Waals surface area (Å²) in [6.45, 7) is 4.30. The molecule has 98 valence electrons. The van der Waals surface area contributed by atoms with Crippen molar-refractivity contribution >= 4 is 15.9 Å². The van der Waals surface area contributed by atoms with E-state index in [1.54, 1.807) is 0 Å². The maximum atomic E-state index is 13.2. The molecule has 0 heterocycles. The number of nitrogens with zero attached hydrogens (tertiary/aromatic N) is 1. The number of halogens is 2. The number of hydrogen-bond donors (Lipinski definition) is 0. The summed E-state index contributed by atoms with van der Waals surface area (Å²) in [6.07, 6.45) is 1.55. The number of hydrogen-bond acceptors (Lipinski definition) is 2. The first-order valence-electron chi connectivity index (χ1n) is 5.86. The highest BCUT2D eigenvalue weighted by molar-refractivity contribution is 9.08. The Hall–Kier alpha value is -1.08. The molecule has 0 aliphatic rings. The Morgan fingerprint density at radius 2 is 2.11 bits per heavy atom. The lowest BCUT2D eigenvalue weighted by molar-refractivity contribution is 0.283. The lowest BCUT2D eigenvalue weighted by atomic mass is 9.90.